The van der Waals surface area contributed by atoms with Crippen molar-refractivity contribution < 1.29 is 8.42 Å². The molecule has 12 heavy (non-hydrogen) atoms. The molecule has 0 aromatic carbocycles. The Hall–Kier alpha value is -0.130. The lowest BCUT2D eigenvalue weighted by Crippen LogP contribution is -2.29. The van der Waals surface area contributed by atoms with Crippen LogP contribution >= 0.6 is 0 Å². The van der Waals surface area contributed by atoms with Gasteiger partial charge in [-0.15, -0.1) is 0 Å². The smallest absolute Gasteiger partial charge is 0.211 e. The summed E-state index contributed by atoms with van der Waals surface area (Å²) in [6.07, 6.45) is 2.25. The molecule has 1 rings (SSSR count). The van der Waals surface area contributed by atoms with Crippen molar-refractivity contribution in [2.24, 2.45) is 5.92 Å². The largest absolute Gasteiger partial charge is 0.319 e. The molecule has 1 fully saturated rings. The van der Waals surface area contributed by atoms with Gasteiger partial charge in [-0.3, -0.25) is 0 Å². The van der Waals surface area contributed by atoms with Gasteiger partial charge in [-0.2, -0.15) is 0 Å². The Balaban J connectivity index is 2.46. The molecule has 0 unspecified atom stereocenters. The van der Waals surface area contributed by atoms with Crippen LogP contribution in [-0.2, 0) is 10.0 Å². The first-order chi connectivity index (χ1) is 5.54. The van der Waals surface area contributed by atoms with E-state index in [9.17, 15) is 8.42 Å². The molecule has 1 heterocycles. The van der Waals surface area contributed by atoms with Crippen LogP contribution in [0.5, 0.6) is 0 Å². The Labute approximate surface area is 74.0 Å². The van der Waals surface area contributed by atoms with Crippen LogP contribution in [-0.4, -0.2) is 45.7 Å². The van der Waals surface area contributed by atoms with Gasteiger partial charge in [0.25, 0.3) is 0 Å². The second-order valence-electron chi connectivity index (χ2n) is 3.33. The van der Waals surface area contributed by atoms with E-state index in [4.69, 9.17) is 0 Å². The summed E-state index contributed by atoms with van der Waals surface area (Å²) in [5.74, 6) is 0.490. The van der Waals surface area contributed by atoms with E-state index < -0.39 is 10.0 Å². The quantitative estimate of drug-likeness (QED) is 0.655. The Morgan fingerprint density at radius 2 is 2.25 bits per heavy atom. The van der Waals surface area contributed by atoms with Crippen molar-refractivity contribution in [1.29, 1.82) is 0 Å². The zero-order valence-electron chi connectivity index (χ0n) is 7.58. The second-order valence-corrected chi connectivity index (χ2v) is 5.32. The Morgan fingerprint density at radius 3 is 2.67 bits per heavy atom. The van der Waals surface area contributed by atoms with E-state index in [0.717, 1.165) is 13.0 Å². The summed E-state index contributed by atoms with van der Waals surface area (Å²) in [6, 6.07) is 0. The highest BCUT2D eigenvalue weighted by atomic mass is 32.2. The molecular formula is C7H16N2O2S. The maximum atomic E-state index is 11.1. The van der Waals surface area contributed by atoms with E-state index in [1.807, 2.05) is 7.05 Å². The number of hydrogen-bond acceptors (Lipinski definition) is 3. The highest BCUT2D eigenvalue weighted by Crippen LogP contribution is 2.17. The van der Waals surface area contributed by atoms with Crippen LogP contribution in [0.3, 0.4) is 0 Å². The SMILES string of the molecule is CNC[C@H]1CCN(S(C)(=O)=O)C1. The normalized spacial score (nSPS) is 26.3. The minimum atomic E-state index is -2.95. The summed E-state index contributed by atoms with van der Waals surface area (Å²) in [5.41, 5.74) is 0. The van der Waals surface area contributed by atoms with Gasteiger partial charge in [0, 0.05) is 13.1 Å². The number of rotatable bonds is 3. The Morgan fingerprint density at radius 1 is 1.58 bits per heavy atom. The van der Waals surface area contributed by atoms with Crippen LogP contribution in [0.15, 0.2) is 0 Å². The molecule has 0 amide bonds. The Kier molecular flexibility index (Phi) is 3.09. The molecule has 5 heteroatoms. The number of nitrogens with one attached hydrogen (secondary N) is 1. The van der Waals surface area contributed by atoms with Crippen molar-refractivity contribution in [3.8, 4) is 0 Å². The molecule has 4 nitrogen and oxygen atoms in total. The van der Waals surface area contributed by atoms with Crippen LogP contribution in [0.2, 0.25) is 0 Å². The first-order valence-electron chi connectivity index (χ1n) is 4.13. The highest BCUT2D eigenvalue weighted by Gasteiger charge is 2.27. The van der Waals surface area contributed by atoms with Gasteiger partial charge in [0.1, 0.15) is 0 Å². The van der Waals surface area contributed by atoms with Crippen molar-refractivity contribution in [3.63, 3.8) is 0 Å². The minimum absolute atomic E-state index is 0.490. The zero-order chi connectivity index (χ0) is 9.19. The molecule has 72 valence electrons. The van der Waals surface area contributed by atoms with Crippen LogP contribution in [0.1, 0.15) is 6.42 Å². The summed E-state index contributed by atoms with van der Waals surface area (Å²) in [5, 5.41) is 3.06. The fraction of sp³-hybridized carbons (Fsp3) is 1.00. The third-order valence-corrected chi connectivity index (χ3v) is 3.48. The van der Waals surface area contributed by atoms with Crippen molar-refractivity contribution in [2.75, 3.05) is 32.9 Å². The minimum Gasteiger partial charge on any atom is -0.319 e. The average Bonchev–Trinajstić information content (AvgIpc) is 2.35. The van der Waals surface area contributed by atoms with E-state index in [-0.39, 0.29) is 0 Å². The lowest BCUT2D eigenvalue weighted by Gasteiger charge is -2.12. The molecule has 0 aromatic heterocycles. The highest BCUT2D eigenvalue weighted by molar-refractivity contribution is 7.88. The summed E-state index contributed by atoms with van der Waals surface area (Å²) in [6.45, 7) is 2.27. The van der Waals surface area contributed by atoms with Crippen molar-refractivity contribution >= 4 is 10.0 Å². The fourth-order valence-electron chi connectivity index (χ4n) is 1.55. The molecule has 1 N–H and O–H groups in total. The monoisotopic (exact) mass is 192 g/mol. The molecule has 1 aliphatic heterocycles. The van der Waals surface area contributed by atoms with Gasteiger partial charge in [-0.1, -0.05) is 0 Å². The molecule has 0 saturated carbocycles. The van der Waals surface area contributed by atoms with Gasteiger partial charge in [-0.05, 0) is 25.9 Å². The topological polar surface area (TPSA) is 49.4 Å². The van der Waals surface area contributed by atoms with Crippen LogP contribution in [0.25, 0.3) is 0 Å². The van der Waals surface area contributed by atoms with Gasteiger partial charge in [0.05, 0.1) is 6.26 Å². The zero-order valence-corrected chi connectivity index (χ0v) is 8.39. The maximum Gasteiger partial charge on any atom is 0.211 e. The number of sulfonamides is 1. The number of nitrogens with zero attached hydrogens (tertiary/aromatic N) is 1. The van der Waals surface area contributed by atoms with Gasteiger partial charge in [0.2, 0.25) is 10.0 Å². The predicted octanol–water partition coefficient (Wildman–Crippen LogP) is -0.513. The number of hydrogen-bond donors (Lipinski definition) is 1. The van der Waals surface area contributed by atoms with Crippen LogP contribution in [0, 0.1) is 5.92 Å². The molecule has 1 atom stereocenters. The molecular weight excluding hydrogens is 176 g/mol. The molecule has 1 aliphatic rings. The van der Waals surface area contributed by atoms with Gasteiger partial charge in [-0.25, -0.2) is 12.7 Å². The molecule has 0 bridgehead atoms. The maximum absolute atomic E-state index is 11.1. The third-order valence-electron chi connectivity index (χ3n) is 2.21. The fourth-order valence-corrected chi connectivity index (χ4v) is 2.47. The molecule has 1 saturated heterocycles. The van der Waals surface area contributed by atoms with Crippen molar-refractivity contribution in [1.82, 2.24) is 9.62 Å². The summed E-state index contributed by atoms with van der Waals surface area (Å²) < 4.78 is 23.7. The van der Waals surface area contributed by atoms with Crippen molar-refractivity contribution in [3.05, 3.63) is 0 Å². The lowest BCUT2D eigenvalue weighted by molar-refractivity contribution is 0.455. The third kappa shape index (κ3) is 2.43. The summed E-state index contributed by atoms with van der Waals surface area (Å²) in [7, 11) is -1.06. The van der Waals surface area contributed by atoms with E-state index in [0.29, 0.717) is 19.0 Å². The lowest BCUT2D eigenvalue weighted by atomic mass is 10.1. The predicted molar refractivity (Wildman–Crippen MR) is 48.5 cm³/mol. The van der Waals surface area contributed by atoms with E-state index in [1.54, 1.807) is 4.31 Å². The molecule has 0 radical (unpaired) electrons. The van der Waals surface area contributed by atoms with E-state index >= 15 is 0 Å². The Bertz CT molecular complexity index is 238. The van der Waals surface area contributed by atoms with Gasteiger partial charge >= 0.3 is 0 Å². The van der Waals surface area contributed by atoms with E-state index in [2.05, 4.69) is 5.32 Å². The van der Waals surface area contributed by atoms with Crippen LogP contribution < -0.4 is 5.32 Å². The standard InChI is InChI=1S/C7H16N2O2S/c1-8-5-7-3-4-9(6-7)12(2,10)11/h7-8H,3-6H2,1-2H3/t7-/m1/s1. The van der Waals surface area contributed by atoms with Gasteiger partial charge < -0.3 is 5.32 Å². The average molecular weight is 192 g/mol. The first kappa shape index (κ1) is 9.95. The summed E-state index contributed by atoms with van der Waals surface area (Å²) in [4.78, 5) is 0. The summed E-state index contributed by atoms with van der Waals surface area (Å²) >= 11 is 0. The van der Waals surface area contributed by atoms with Gasteiger partial charge in [0.15, 0.2) is 0 Å². The first-order valence-corrected chi connectivity index (χ1v) is 5.98. The molecule has 0 spiro atoms. The molecule has 0 aromatic rings. The van der Waals surface area contributed by atoms with E-state index in [1.165, 1.54) is 6.26 Å². The second kappa shape index (κ2) is 3.72. The van der Waals surface area contributed by atoms with Crippen LogP contribution in [0.4, 0.5) is 0 Å². The molecule has 0 aliphatic carbocycles. The van der Waals surface area contributed by atoms with Crippen molar-refractivity contribution in [2.45, 2.75) is 6.42 Å².